The highest BCUT2D eigenvalue weighted by Crippen LogP contribution is 2.29. The number of nitrogens with zero attached hydrogens (tertiary/aromatic N) is 1. The molecular weight excluding hydrogens is 442 g/mol. The van der Waals surface area contributed by atoms with E-state index >= 15 is 0 Å². The summed E-state index contributed by atoms with van der Waals surface area (Å²) >= 11 is 5.30. The molecule has 1 aromatic carbocycles. The first-order valence-electron chi connectivity index (χ1n) is 13.5. The van der Waals surface area contributed by atoms with Crippen LogP contribution >= 0.6 is 12.2 Å². The van der Waals surface area contributed by atoms with E-state index in [1.165, 1.54) is 96.3 Å². The normalized spacial score (nSPS) is 11.0. The highest BCUT2D eigenvalue weighted by atomic mass is 32.1. The SMILES string of the molecule is CCCCCCCCCCCCCCCCCCNC(=S)N/N=C\c1cccc(OC)c1OC. The molecule has 0 aliphatic heterocycles. The third kappa shape index (κ3) is 15.2. The summed E-state index contributed by atoms with van der Waals surface area (Å²) in [6.45, 7) is 3.16. The van der Waals surface area contributed by atoms with E-state index in [1.807, 2.05) is 18.2 Å². The second kappa shape index (κ2) is 21.7. The lowest BCUT2D eigenvalue weighted by atomic mass is 10.0. The fourth-order valence-corrected chi connectivity index (χ4v) is 4.24. The number of benzene rings is 1. The van der Waals surface area contributed by atoms with Crippen molar-refractivity contribution in [1.82, 2.24) is 10.7 Å². The van der Waals surface area contributed by atoms with Gasteiger partial charge in [0.2, 0.25) is 0 Å². The number of hydrogen-bond donors (Lipinski definition) is 2. The van der Waals surface area contributed by atoms with Crippen LogP contribution in [0.3, 0.4) is 0 Å². The first-order valence-corrected chi connectivity index (χ1v) is 13.9. The number of hydrazone groups is 1. The van der Waals surface area contributed by atoms with Crippen molar-refractivity contribution in [3.63, 3.8) is 0 Å². The molecule has 0 unspecified atom stereocenters. The second-order valence-corrected chi connectivity index (χ2v) is 9.42. The fourth-order valence-electron chi connectivity index (χ4n) is 4.09. The minimum Gasteiger partial charge on any atom is -0.493 e. The molecule has 0 atom stereocenters. The van der Waals surface area contributed by atoms with Gasteiger partial charge < -0.3 is 14.8 Å². The van der Waals surface area contributed by atoms with Crippen LogP contribution in [0.2, 0.25) is 0 Å². The van der Waals surface area contributed by atoms with Crippen molar-refractivity contribution in [1.29, 1.82) is 0 Å². The highest BCUT2D eigenvalue weighted by molar-refractivity contribution is 7.80. The van der Waals surface area contributed by atoms with Gasteiger partial charge in [0.25, 0.3) is 0 Å². The summed E-state index contributed by atoms with van der Waals surface area (Å²) in [7, 11) is 3.24. The number of unbranched alkanes of at least 4 members (excludes halogenated alkanes) is 15. The van der Waals surface area contributed by atoms with Crippen LogP contribution in [-0.4, -0.2) is 32.1 Å². The summed E-state index contributed by atoms with van der Waals surface area (Å²) in [5.41, 5.74) is 3.70. The lowest BCUT2D eigenvalue weighted by Gasteiger charge is -2.10. The van der Waals surface area contributed by atoms with Crippen LogP contribution in [0, 0.1) is 0 Å². The van der Waals surface area contributed by atoms with E-state index in [1.54, 1.807) is 20.4 Å². The molecule has 1 aromatic rings. The maximum Gasteiger partial charge on any atom is 0.186 e. The fraction of sp³-hybridized carbons (Fsp3) is 0.714. The Labute approximate surface area is 214 Å². The first-order chi connectivity index (χ1) is 16.7. The van der Waals surface area contributed by atoms with Gasteiger partial charge in [0.1, 0.15) is 0 Å². The van der Waals surface area contributed by atoms with Gasteiger partial charge >= 0.3 is 0 Å². The zero-order valence-electron chi connectivity index (χ0n) is 22.0. The number of thiocarbonyl (C=S) groups is 1. The Morgan fingerprint density at radius 1 is 0.794 bits per heavy atom. The predicted molar refractivity (Wildman–Crippen MR) is 150 cm³/mol. The van der Waals surface area contributed by atoms with Gasteiger partial charge in [0.05, 0.1) is 20.4 Å². The molecule has 0 fully saturated rings. The third-order valence-corrected chi connectivity index (χ3v) is 6.35. The van der Waals surface area contributed by atoms with Gasteiger partial charge in [-0.05, 0) is 30.8 Å². The summed E-state index contributed by atoms with van der Waals surface area (Å²) in [6.07, 6.45) is 23.8. The molecule has 0 radical (unpaired) electrons. The van der Waals surface area contributed by atoms with Gasteiger partial charge in [-0.15, -0.1) is 0 Å². The highest BCUT2D eigenvalue weighted by Gasteiger charge is 2.07. The quantitative estimate of drug-likeness (QED) is 0.0796. The van der Waals surface area contributed by atoms with E-state index in [0.717, 1.165) is 18.5 Å². The monoisotopic (exact) mass is 491 g/mol. The molecule has 34 heavy (non-hydrogen) atoms. The van der Waals surface area contributed by atoms with Crippen LogP contribution < -0.4 is 20.2 Å². The number of methoxy groups -OCH3 is 2. The Balaban J connectivity index is 1.93. The Morgan fingerprint density at radius 2 is 1.32 bits per heavy atom. The van der Waals surface area contributed by atoms with Gasteiger partial charge in [-0.3, -0.25) is 5.43 Å². The van der Waals surface area contributed by atoms with Crippen molar-refractivity contribution in [2.24, 2.45) is 5.10 Å². The molecule has 0 aliphatic rings. The molecule has 0 saturated carbocycles. The van der Waals surface area contributed by atoms with Crippen molar-refractivity contribution < 1.29 is 9.47 Å². The van der Waals surface area contributed by atoms with Gasteiger partial charge in [-0.2, -0.15) is 5.10 Å². The van der Waals surface area contributed by atoms with Crippen LogP contribution in [-0.2, 0) is 0 Å². The van der Waals surface area contributed by atoms with Gasteiger partial charge in [-0.1, -0.05) is 109 Å². The summed E-state index contributed by atoms with van der Waals surface area (Å²) in [6, 6.07) is 5.67. The maximum atomic E-state index is 5.40. The lowest BCUT2D eigenvalue weighted by Crippen LogP contribution is -2.32. The Kier molecular flexibility index (Phi) is 19.3. The van der Waals surface area contributed by atoms with Gasteiger partial charge in [0, 0.05) is 12.1 Å². The number of hydrogen-bond acceptors (Lipinski definition) is 4. The van der Waals surface area contributed by atoms with E-state index in [0.29, 0.717) is 16.6 Å². The van der Waals surface area contributed by atoms with Crippen molar-refractivity contribution in [3.05, 3.63) is 23.8 Å². The first kappa shape index (κ1) is 30.2. The molecule has 0 aromatic heterocycles. The molecule has 0 saturated heterocycles. The van der Waals surface area contributed by atoms with E-state index in [2.05, 4.69) is 22.8 Å². The van der Waals surface area contributed by atoms with E-state index in [-0.39, 0.29) is 0 Å². The molecular formula is C28H49N3O2S. The number of rotatable bonds is 21. The minimum absolute atomic E-state index is 0.541. The van der Waals surface area contributed by atoms with E-state index in [9.17, 15) is 0 Å². The summed E-state index contributed by atoms with van der Waals surface area (Å²) in [5, 5.41) is 7.97. The average Bonchev–Trinajstić information content (AvgIpc) is 2.85. The number of para-hydroxylation sites is 1. The number of ether oxygens (including phenoxy) is 2. The molecule has 194 valence electrons. The third-order valence-electron chi connectivity index (χ3n) is 6.12. The molecule has 0 heterocycles. The average molecular weight is 492 g/mol. The molecule has 0 spiro atoms. The Morgan fingerprint density at radius 3 is 1.82 bits per heavy atom. The Hall–Kier alpha value is -1.82. The predicted octanol–water partition coefficient (Wildman–Crippen LogP) is 7.76. The lowest BCUT2D eigenvalue weighted by molar-refractivity contribution is 0.354. The summed E-state index contributed by atoms with van der Waals surface area (Å²) in [4.78, 5) is 0. The van der Waals surface area contributed by atoms with Crippen molar-refractivity contribution in [2.45, 2.75) is 110 Å². The minimum atomic E-state index is 0.541. The van der Waals surface area contributed by atoms with Crippen LogP contribution in [0.5, 0.6) is 11.5 Å². The van der Waals surface area contributed by atoms with Crippen molar-refractivity contribution in [2.75, 3.05) is 20.8 Å². The second-order valence-electron chi connectivity index (χ2n) is 9.01. The molecule has 0 bridgehead atoms. The van der Waals surface area contributed by atoms with Crippen molar-refractivity contribution in [3.8, 4) is 11.5 Å². The smallest absolute Gasteiger partial charge is 0.186 e. The largest absolute Gasteiger partial charge is 0.493 e. The molecule has 0 aliphatic carbocycles. The summed E-state index contributed by atoms with van der Waals surface area (Å²) < 4.78 is 10.7. The van der Waals surface area contributed by atoms with Gasteiger partial charge in [0.15, 0.2) is 16.6 Å². The molecule has 6 heteroatoms. The summed E-state index contributed by atoms with van der Waals surface area (Å²) in [5.74, 6) is 1.33. The van der Waals surface area contributed by atoms with Crippen LogP contribution in [0.25, 0.3) is 0 Å². The Bertz CT molecular complexity index is 667. The zero-order chi connectivity index (χ0) is 24.7. The topological polar surface area (TPSA) is 54.9 Å². The van der Waals surface area contributed by atoms with Crippen LogP contribution in [0.15, 0.2) is 23.3 Å². The van der Waals surface area contributed by atoms with E-state index in [4.69, 9.17) is 21.7 Å². The molecule has 0 amide bonds. The van der Waals surface area contributed by atoms with Crippen LogP contribution in [0.1, 0.15) is 115 Å². The molecule has 1 rings (SSSR count). The van der Waals surface area contributed by atoms with Gasteiger partial charge in [-0.25, -0.2) is 0 Å². The zero-order valence-corrected chi connectivity index (χ0v) is 22.8. The van der Waals surface area contributed by atoms with Crippen LogP contribution in [0.4, 0.5) is 0 Å². The maximum absolute atomic E-state index is 5.40. The van der Waals surface area contributed by atoms with E-state index < -0.39 is 0 Å². The molecule has 2 N–H and O–H groups in total. The number of nitrogens with one attached hydrogen (secondary N) is 2. The molecule has 5 nitrogen and oxygen atoms in total. The standard InChI is InChI=1S/C28H49N3O2S/c1-4-5-6-7-8-9-10-11-12-13-14-15-16-17-18-19-23-29-28(34)31-30-24-25-21-20-22-26(32-2)27(25)33-3/h20-22,24H,4-19,23H2,1-3H3,(H2,29,31,34)/b30-24-. The van der Waals surface area contributed by atoms with Crippen molar-refractivity contribution >= 4 is 23.5 Å².